The van der Waals surface area contributed by atoms with Crippen LogP contribution in [0.15, 0.2) is 91.3 Å². The number of nitrogens with one attached hydrogen (secondary N) is 1. The number of benzene rings is 3. The number of ether oxygens (including phenoxy) is 1. The van der Waals surface area contributed by atoms with Crippen molar-refractivity contribution in [2.45, 2.75) is 26.4 Å². The van der Waals surface area contributed by atoms with Crippen molar-refractivity contribution in [3.05, 3.63) is 108 Å². The quantitative estimate of drug-likeness (QED) is 0.329. The van der Waals surface area contributed by atoms with E-state index in [-0.39, 0.29) is 11.1 Å². The zero-order valence-electron chi connectivity index (χ0n) is 19.7. The number of aromatic nitrogens is 1. The van der Waals surface area contributed by atoms with Gasteiger partial charge in [0.15, 0.2) is 0 Å². The van der Waals surface area contributed by atoms with Crippen molar-refractivity contribution in [2.75, 3.05) is 5.32 Å². The van der Waals surface area contributed by atoms with Crippen molar-refractivity contribution in [3.8, 4) is 22.3 Å². The molecule has 1 aromatic heterocycles. The first-order chi connectivity index (χ1) is 16.7. The van der Waals surface area contributed by atoms with Gasteiger partial charge in [-0.3, -0.25) is 9.78 Å². The smallest absolute Gasteiger partial charge is 0.340 e. The molecule has 176 valence electrons. The zero-order chi connectivity index (χ0) is 25.0. The molecular formula is C29H25FN2O3. The van der Waals surface area contributed by atoms with Crippen LogP contribution in [0.5, 0.6) is 0 Å². The van der Waals surface area contributed by atoms with E-state index in [0.717, 1.165) is 11.1 Å². The summed E-state index contributed by atoms with van der Waals surface area (Å²) >= 11 is 0. The molecule has 0 saturated heterocycles. The lowest BCUT2D eigenvalue weighted by Crippen LogP contribution is -2.25. The largest absolute Gasteiger partial charge is 0.456 e. The molecular weight excluding hydrogens is 443 g/mol. The number of pyridine rings is 1. The molecule has 1 heterocycles. The molecule has 4 aromatic rings. The summed E-state index contributed by atoms with van der Waals surface area (Å²) in [6, 6.07) is 22.7. The van der Waals surface area contributed by atoms with Gasteiger partial charge in [0.25, 0.3) is 5.91 Å². The van der Waals surface area contributed by atoms with Gasteiger partial charge in [0.1, 0.15) is 11.4 Å². The Morgan fingerprint density at radius 1 is 0.829 bits per heavy atom. The fraction of sp³-hybridized carbons (Fsp3) is 0.138. The van der Waals surface area contributed by atoms with Gasteiger partial charge >= 0.3 is 5.97 Å². The molecule has 6 heteroatoms. The van der Waals surface area contributed by atoms with Crippen molar-refractivity contribution in [2.24, 2.45) is 0 Å². The standard InChI is InChI=1S/C29H25FN2O3/c1-29(2,3)35-28(34)24-14-13-20(19-9-5-4-6-10-19)16-26(24)32-27(33)22-15-21(17-31-18-22)23-11-7-8-12-25(23)30/h4-18H,1-3H3,(H,32,33). The van der Waals surface area contributed by atoms with E-state index in [1.165, 1.54) is 18.5 Å². The summed E-state index contributed by atoms with van der Waals surface area (Å²) in [5.74, 6) is -1.44. The fourth-order valence-electron chi connectivity index (χ4n) is 3.57. The average Bonchev–Trinajstić information content (AvgIpc) is 2.84. The maximum atomic E-state index is 14.3. The van der Waals surface area contributed by atoms with Gasteiger partial charge in [-0.05, 0) is 56.2 Å². The van der Waals surface area contributed by atoms with Crippen molar-refractivity contribution < 1.29 is 18.7 Å². The van der Waals surface area contributed by atoms with Crippen molar-refractivity contribution in [1.82, 2.24) is 4.98 Å². The lowest BCUT2D eigenvalue weighted by atomic mass is 10.0. The van der Waals surface area contributed by atoms with E-state index < -0.39 is 23.3 Å². The minimum atomic E-state index is -0.700. The average molecular weight is 469 g/mol. The second-order valence-electron chi connectivity index (χ2n) is 9.02. The van der Waals surface area contributed by atoms with Crippen LogP contribution in [-0.2, 0) is 4.74 Å². The maximum Gasteiger partial charge on any atom is 0.340 e. The monoisotopic (exact) mass is 468 g/mol. The van der Waals surface area contributed by atoms with Gasteiger partial charge in [0, 0.05) is 23.5 Å². The van der Waals surface area contributed by atoms with Gasteiger partial charge in [-0.15, -0.1) is 0 Å². The maximum absolute atomic E-state index is 14.3. The van der Waals surface area contributed by atoms with Gasteiger partial charge in [-0.1, -0.05) is 54.6 Å². The summed E-state index contributed by atoms with van der Waals surface area (Å²) in [6.45, 7) is 5.34. The molecule has 0 fully saturated rings. The van der Waals surface area contributed by atoms with Crippen LogP contribution in [0.25, 0.3) is 22.3 Å². The van der Waals surface area contributed by atoms with E-state index in [2.05, 4.69) is 10.3 Å². The molecule has 5 nitrogen and oxygen atoms in total. The van der Waals surface area contributed by atoms with Gasteiger partial charge in [-0.2, -0.15) is 0 Å². The first-order valence-electron chi connectivity index (χ1n) is 11.2. The van der Waals surface area contributed by atoms with Gasteiger partial charge in [-0.25, -0.2) is 9.18 Å². The molecule has 1 amide bonds. The molecule has 3 aromatic carbocycles. The van der Waals surface area contributed by atoms with E-state index in [1.54, 1.807) is 57.2 Å². The molecule has 0 spiro atoms. The third-order valence-corrected chi connectivity index (χ3v) is 5.18. The number of rotatable bonds is 5. The third-order valence-electron chi connectivity index (χ3n) is 5.18. The SMILES string of the molecule is CC(C)(C)OC(=O)c1ccc(-c2ccccc2)cc1NC(=O)c1cncc(-c2ccccc2F)c1. The number of carbonyl (C=O) groups is 2. The minimum absolute atomic E-state index is 0.228. The Hall–Kier alpha value is -4.32. The Bertz CT molecular complexity index is 1380. The number of nitrogens with zero attached hydrogens (tertiary/aromatic N) is 1. The predicted octanol–water partition coefficient (Wildman–Crippen LogP) is 6.76. The second-order valence-corrected chi connectivity index (χ2v) is 9.02. The molecule has 35 heavy (non-hydrogen) atoms. The first-order valence-corrected chi connectivity index (χ1v) is 11.2. The molecule has 0 aliphatic rings. The Morgan fingerprint density at radius 2 is 1.54 bits per heavy atom. The zero-order valence-corrected chi connectivity index (χ0v) is 19.7. The van der Waals surface area contributed by atoms with Crippen LogP contribution >= 0.6 is 0 Å². The summed E-state index contributed by atoms with van der Waals surface area (Å²) in [4.78, 5) is 30.2. The van der Waals surface area contributed by atoms with Crippen molar-refractivity contribution in [1.29, 1.82) is 0 Å². The van der Waals surface area contributed by atoms with E-state index in [4.69, 9.17) is 4.74 Å². The summed E-state index contributed by atoms with van der Waals surface area (Å²) in [7, 11) is 0. The van der Waals surface area contributed by atoms with E-state index in [1.807, 2.05) is 36.4 Å². The topological polar surface area (TPSA) is 68.3 Å². The Balaban J connectivity index is 1.70. The van der Waals surface area contributed by atoms with Crippen molar-refractivity contribution in [3.63, 3.8) is 0 Å². The molecule has 0 unspecified atom stereocenters. The third kappa shape index (κ3) is 5.79. The fourth-order valence-corrected chi connectivity index (χ4v) is 3.57. The minimum Gasteiger partial charge on any atom is -0.456 e. The highest BCUT2D eigenvalue weighted by molar-refractivity contribution is 6.08. The highest BCUT2D eigenvalue weighted by Crippen LogP contribution is 2.28. The lowest BCUT2D eigenvalue weighted by Gasteiger charge is -2.21. The molecule has 0 atom stereocenters. The molecule has 0 saturated carbocycles. The molecule has 0 radical (unpaired) electrons. The van der Waals surface area contributed by atoms with Crippen LogP contribution in [0.4, 0.5) is 10.1 Å². The summed E-state index contributed by atoms with van der Waals surface area (Å²) in [6.07, 6.45) is 2.89. The summed E-state index contributed by atoms with van der Waals surface area (Å²) in [5.41, 5.74) is 2.64. The van der Waals surface area contributed by atoms with Crippen LogP contribution in [0.2, 0.25) is 0 Å². The Kier molecular flexibility index (Phi) is 6.73. The number of hydrogen-bond donors (Lipinski definition) is 1. The highest BCUT2D eigenvalue weighted by Gasteiger charge is 2.22. The highest BCUT2D eigenvalue weighted by atomic mass is 19.1. The number of halogens is 1. The number of anilines is 1. The van der Waals surface area contributed by atoms with Crippen molar-refractivity contribution >= 4 is 17.6 Å². The summed E-state index contributed by atoms with van der Waals surface area (Å²) in [5, 5.41) is 2.82. The van der Waals surface area contributed by atoms with Gasteiger partial charge in [0.05, 0.1) is 16.8 Å². The van der Waals surface area contributed by atoms with Crippen LogP contribution in [0.3, 0.4) is 0 Å². The Labute approximate surface area is 203 Å². The number of hydrogen-bond acceptors (Lipinski definition) is 4. The van der Waals surface area contributed by atoms with Crippen LogP contribution < -0.4 is 5.32 Å². The molecule has 0 bridgehead atoms. The first kappa shape index (κ1) is 23.8. The predicted molar refractivity (Wildman–Crippen MR) is 135 cm³/mol. The molecule has 1 N–H and O–H groups in total. The normalized spacial score (nSPS) is 11.1. The number of amides is 1. The van der Waals surface area contributed by atoms with Crippen LogP contribution in [0.1, 0.15) is 41.5 Å². The van der Waals surface area contributed by atoms with Crippen LogP contribution in [0, 0.1) is 5.82 Å². The van der Waals surface area contributed by atoms with Gasteiger partial charge < -0.3 is 10.1 Å². The number of carbonyl (C=O) groups excluding carboxylic acids is 2. The van der Waals surface area contributed by atoms with E-state index >= 15 is 0 Å². The molecule has 0 aliphatic heterocycles. The lowest BCUT2D eigenvalue weighted by molar-refractivity contribution is 0.00708. The van der Waals surface area contributed by atoms with E-state index in [9.17, 15) is 14.0 Å². The van der Waals surface area contributed by atoms with E-state index in [0.29, 0.717) is 16.8 Å². The molecule has 0 aliphatic carbocycles. The number of esters is 1. The summed E-state index contributed by atoms with van der Waals surface area (Å²) < 4.78 is 19.8. The Morgan fingerprint density at radius 3 is 2.26 bits per heavy atom. The second kappa shape index (κ2) is 9.89. The van der Waals surface area contributed by atoms with Crippen LogP contribution in [-0.4, -0.2) is 22.5 Å². The molecule has 4 rings (SSSR count). The van der Waals surface area contributed by atoms with Gasteiger partial charge in [0.2, 0.25) is 0 Å².